The van der Waals surface area contributed by atoms with Crippen molar-refractivity contribution in [3.05, 3.63) is 11.9 Å². The zero-order valence-corrected chi connectivity index (χ0v) is 12.1. The second kappa shape index (κ2) is 5.12. The summed E-state index contributed by atoms with van der Waals surface area (Å²) < 4.78 is 0. The lowest BCUT2D eigenvalue weighted by atomic mass is 10.0. The van der Waals surface area contributed by atoms with Crippen molar-refractivity contribution in [2.75, 3.05) is 23.8 Å². The van der Waals surface area contributed by atoms with Crippen LogP contribution in [0, 0.1) is 5.92 Å². The summed E-state index contributed by atoms with van der Waals surface area (Å²) in [5.41, 5.74) is 1.24. The van der Waals surface area contributed by atoms with Gasteiger partial charge in [-0.1, -0.05) is 20.8 Å². The molecule has 0 spiro atoms. The van der Waals surface area contributed by atoms with Crippen molar-refractivity contribution in [1.82, 2.24) is 9.97 Å². The van der Waals surface area contributed by atoms with Gasteiger partial charge in [-0.2, -0.15) is 0 Å². The van der Waals surface area contributed by atoms with Gasteiger partial charge in [-0.25, -0.2) is 9.97 Å². The molecular weight excluding hydrogens is 224 g/mol. The van der Waals surface area contributed by atoms with E-state index in [2.05, 4.69) is 47.9 Å². The Hall–Kier alpha value is -1.32. The first-order chi connectivity index (χ1) is 8.54. The van der Waals surface area contributed by atoms with E-state index in [4.69, 9.17) is 0 Å². The van der Waals surface area contributed by atoms with Gasteiger partial charge >= 0.3 is 0 Å². The average molecular weight is 248 g/mol. The highest BCUT2D eigenvalue weighted by Gasteiger charge is 2.30. The van der Waals surface area contributed by atoms with Gasteiger partial charge < -0.3 is 10.2 Å². The van der Waals surface area contributed by atoms with E-state index in [0.717, 1.165) is 24.1 Å². The minimum absolute atomic E-state index is 0.423. The van der Waals surface area contributed by atoms with E-state index in [1.165, 1.54) is 12.0 Å². The number of hydrogen-bond acceptors (Lipinski definition) is 4. The van der Waals surface area contributed by atoms with E-state index < -0.39 is 0 Å². The summed E-state index contributed by atoms with van der Waals surface area (Å²) in [5.74, 6) is 3.24. The van der Waals surface area contributed by atoms with Gasteiger partial charge in [-0.05, 0) is 25.2 Å². The highest BCUT2D eigenvalue weighted by molar-refractivity contribution is 5.61. The molecule has 18 heavy (non-hydrogen) atoms. The largest absolute Gasteiger partial charge is 0.373 e. The third-order valence-electron chi connectivity index (χ3n) is 3.73. The molecule has 4 heteroatoms. The van der Waals surface area contributed by atoms with Crippen LogP contribution in [0.2, 0.25) is 0 Å². The molecule has 2 rings (SSSR count). The molecule has 0 radical (unpaired) electrons. The van der Waals surface area contributed by atoms with Crippen molar-refractivity contribution >= 4 is 11.6 Å². The fourth-order valence-corrected chi connectivity index (χ4v) is 2.94. The van der Waals surface area contributed by atoms with Crippen LogP contribution >= 0.6 is 0 Å². The van der Waals surface area contributed by atoms with Crippen LogP contribution in [0.25, 0.3) is 0 Å². The lowest BCUT2D eigenvalue weighted by Crippen LogP contribution is -2.29. The highest BCUT2D eigenvalue weighted by atomic mass is 15.2. The molecule has 2 heterocycles. The number of nitrogens with zero attached hydrogens (tertiary/aromatic N) is 3. The van der Waals surface area contributed by atoms with Gasteiger partial charge in [-0.3, -0.25) is 0 Å². The standard InChI is InChI=1S/C14H24N4/c1-9(2)12-13(15-5)16-8-17-14(12)18-7-10(3)6-11(18)4/h8-11H,6-7H2,1-5H3,(H,15,16,17). The minimum Gasteiger partial charge on any atom is -0.373 e. The van der Waals surface area contributed by atoms with E-state index in [-0.39, 0.29) is 0 Å². The van der Waals surface area contributed by atoms with Crippen LogP contribution in [0.1, 0.15) is 45.6 Å². The van der Waals surface area contributed by atoms with E-state index in [1.54, 1.807) is 6.33 Å². The van der Waals surface area contributed by atoms with Gasteiger partial charge in [0, 0.05) is 25.2 Å². The number of rotatable bonds is 3. The normalized spacial score (nSPS) is 23.8. The first kappa shape index (κ1) is 13.1. The highest BCUT2D eigenvalue weighted by Crippen LogP contribution is 2.35. The molecule has 1 aliphatic heterocycles. The van der Waals surface area contributed by atoms with Crippen LogP contribution in [0.3, 0.4) is 0 Å². The molecule has 0 aromatic carbocycles. The lowest BCUT2D eigenvalue weighted by Gasteiger charge is -2.27. The SMILES string of the molecule is CNc1ncnc(N2CC(C)CC2C)c1C(C)C. The topological polar surface area (TPSA) is 41.1 Å². The maximum Gasteiger partial charge on any atom is 0.137 e. The first-order valence-electron chi connectivity index (χ1n) is 6.83. The van der Waals surface area contributed by atoms with Crippen LogP contribution in [0.4, 0.5) is 11.6 Å². The summed E-state index contributed by atoms with van der Waals surface area (Å²) in [6.45, 7) is 10.1. The van der Waals surface area contributed by atoms with E-state index in [0.29, 0.717) is 12.0 Å². The minimum atomic E-state index is 0.423. The molecule has 100 valence electrons. The Balaban J connectivity index is 2.44. The summed E-state index contributed by atoms with van der Waals surface area (Å²) in [4.78, 5) is 11.3. The zero-order valence-electron chi connectivity index (χ0n) is 12.1. The molecule has 4 nitrogen and oxygen atoms in total. The van der Waals surface area contributed by atoms with Crippen LogP contribution in [0.5, 0.6) is 0 Å². The summed E-state index contributed by atoms with van der Waals surface area (Å²) in [6, 6.07) is 0.567. The summed E-state index contributed by atoms with van der Waals surface area (Å²) >= 11 is 0. The molecule has 0 saturated carbocycles. The Labute approximate surface area is 110 Å². The molecule has 1 saturated heterocycles. The molecule has 1 aromatic heterocycles. The van der Waals surface area contributed by atoms with Gasteiger partial charge in [-0.15, -0.1) is 0 Å². The fraction of sp³-hybridized carbons (Fsp3) is 0.714. The van der Waals surface area contributed by atoms with Crippen molar-refractivity contribution in [3.63, 3.8) is 0 Å². The van der Waals surface area contributed by atoms with Gasteiger partial charge in [0.25, 0.3) is 0 Å². The molecule has 2 unspecified atom stereocenters. The van der Waals surface area contributed by atoms with Crippen LogP contribution in [-0.2, 0) is 0 Å². The molecule has 1 N–H and O–H groups in total. The van der Waals surface area contributed by atoms with Crippen LogP contribution < -0.4 is 10.2 Å². The molecule has 1 aliphatic rings. The number of nitrogens with one attached hydrogen (secondary N) is 1. The smallest absolute Gasteiger partial charge is 0.137 e. The van der Waals surface area contributed by atoms with Gasteiger partial charge in [0.1, 0.15) is 18.0 Å². The van der Waals surface area contributed by atoms with Crippen molar-refractivity contribution in [1.29, 1.82) is 0 Å². The maximum absolute atomic E-state index is 4.55. The predicted molar refractivity (Wildman–Crippen MR) is 76.3 cm³/mol. The van der Waals surface area contributed by atoms with Crippen molar-refractivity contribution in [2.24, 2.45) is 5.92 Å². The molecule has 2 atom stereocenters. The van der Waals surface area contributed by atoms with Crippen LogP contribution in [-0.4, -0.2) is 29.6 Å². The lowest BCUT2D eigenvalue weighted by molar-refractivity contribution is 0.625. The van der Waals surface area contributed by atoms with Crippen molar-refractivity contribution in [2.45, 2.75) is 46.1 Å². The quantitative estimate of drug-likeness (QED) is 0.893. The summed E-state index contributed by atoms with van der Waals surface area (Å²) in [7, 11) is 1.92. The Morgan fingerprint density at radius 2 is 2.06 bits per heavy atom. The molecular formula is C14H24N4. The van der Waals surface area contributed by atoms with E-state index >= 15 is 0 Å². The Morgan fingerprint density at radius 1 is 1.33 bits per heavy atom. The summed E-state index contributed by atoms with van der Waals surface area (Å²) in [6.07, 6.45) is 2.92. The Bertz CT molecular complexity index is 416. The average Bonchev–Trinajstić information content (AvgIpc) is 2.67. The molecule has 0 bridgehead atoms. The van der Waals surface area contributed by atoms with Gasteiger partial charge in [0.15, 0.2) is 0 Å². The van der Waals surface area contributed by atoms with Crippen LogP contribution in [0.15, 0.2) is 6.33 Å². The predicted octanol–water partition coefficient (Wildman–Crippen LogP) is 2.88. The monoisotopic (exact) mass is 248 g/mol. The van der Waals surface area contributed by atoms with Gasteiger partial charge in [0.2, 0.25) is 0 Å². The number of hydrogen-bond donors (Lipinski definition) is 1. The third kappa shape index (κ3) is 2.28. The molecule has 1 fully saturated rings. The zero-order chi connectivity index (χ0) is 13.3. The number of aromatic nitrogens is 2. The third-order valence-corrected chi connectivity index (χ3v) is 3.73. The molecule has 1 aromatic rings. The van der Waals surface area contributed by atoms with E-state index in [1.807, 2.05) is 7.05 Å². The Kier molecular flexibility index (Phi) is 3.73. The van der Waals surface area contributed by atoms with Gasteiger partial charge in [0.05, 0.1) is 0 Å². The van der Waals surface area contributed by atoms with Crippen molar-refractivity contribution < 1.29 is 0 Å². The second-order valence-electron chi connectivity index (χ2n) is 5.71. The molecule has 0 amide bonds. The van der Waals surface area contributed by atoms with E-state index in [9.17, 15) is 0 Å². The number of anilines is 2. The maximum atomic E-state index is 4.55. The second-order valence-corrected chi connectivity index (χ2v) is 5.71. The summed E-state index contributed by atoms with van der Waals surface area (Å²) in [5, 5.41) is 3.19. The first-order valence-corrected chi connectivity index (χ1v) is 6.83. The fourth-order valence-electron chi connectivity index (χ4n) is 2.94. The molecule has 0 aliphatic carbocycles. The Morgan fingerprint density at radius 3 is 2.56 bits per heavy atom. The van der Waals surface area contributed by atoms with Crippen molar-refractivity contribution in [3.8, 4) is 0 Å².